The Balaban J connectivity index is 1.43. The Bertz CT molecular complexity index is 600. The zero-order valence-electron chi connectivity index (χ0n) is 11.8. The van der Waals surface area contributed by atoms with Crippen molar-refractivity contribution in [3.8, 4) is 5.75 Å². The SMILES string of the molecule is Clc1ccccc1OCCSCc1noc2c1CCCC2. The second-order valence-electron chi connectivity index (χ2n) is 5.07. The number of aryl methyl sites for hydroxylation is 1. The molecule has 0 atom stereocenters. The Morgan fingerprint density at radius 2 is 2.10 bits per heavy atom. The maximum absolute atomic E-state index is 6.04. The van der Waals surface area contributed by atoms with Crippen LogP contribution >= 0.6 is 23.4 Å². The molecule has 1 heterocycles. The summed E-state index contributed by atoms with van der Waals surface area (Å²) in [5.74, 6) is 3.65. The van der Waals surface area contributed by atoms with E-state index >= 15 is 0 Å². The molecule has 21 heavy (non-hydrogen) atoms. The molecule has 112 valence electrons. The first-order chi connectivity index (χ1) is 10.3. The predicted molar refractivity (Wildman–Crippen MR) is 86.3 cm³/mol. The van der Waals surface area contributed by atoms with Gasteiger partial charge in [0, 0.05) is 23.5 Å². The van der Waals surface area contributed by atoms with Crippen molar-refractivity contribution < 1.29 is 9.26 Å². The van der Waals surface area contributed by atoms with E-state index in [9.17, 15) is 0 Å². The van der Waals surface area contributed by atoms with Gasteiger partial charge in [0.1, 0.15) is 11.5 Å². The van der Waals surface area contributed by atoms with Crippen LogP contribution in [0.25, 0.3) is 0 Å². The molecule has 2 aromatic rings. The van der Waals surface area contributed by atoms with Crippen molar-refractivity contribution in [2.24, 2.45) is 0 Å². The molecule has 1 aliphatic carbocycles. The van der Waals surface area contributed by atoms with E-state index in [1.807, 2.05) is 36.0 Å². The van der Waals surface area contributed by atoms with E-state index in [2.05, 4.69) is 5.16 Å². The molecular formula is C16H18ClNO2S. The Morgan fingerprint density at radius 3 is 3.00 bits per heavy atom. The zero-order chi connectivity index (χ0) is 14.5. The van der Waals surface area contributed by atoms with Crippen LogP contribution in [0.15, 0.2) is 28.8 Å². The Hall–Kier alpha value is -1.13. The van der Waals surface area contributed by atoms with Crippen LogP contribution in [0.4, 0.5) is 0 Å². The molecule has 0 saturated carbocycles. The highest BCUT2D eigenvalue weighted by molar-refractivity contribution is 7.98. The smallest absolute Gasteiger partial charge is 0.140 e. The normalized spacial score (nSPS) is 14.0. The third-order valence-electron chi connectivity index (χ3n) is 3.59. The Labute approximate surface area is 134 Å². The van der Waals surface area contributed by atoms with E-state index in [1.54, 1.807) is 0 Å². The monoisotopic (exact) mass is 323 g/mol. The van der Waals surface area contributed by atoms with Crippen LogP contribution in [0.3, 0.4) is 0 Å². The van der Waals surface area contributed by atoms with Crippen LogP contribution in [-0.4, -0.2) is 17.5 Å². The maximum atomic E-state index is 6.04. The molecule has 0 saturated heterocycles. The molecule has 0 bridgehead atoms. The number of benzene rings is 1. The molecule has 0 fully saturated rings. The van der Waals surface area contributed by atoms with Crippen LogP contribution in [0.2, 0.25) is 5.02 Å². The summed E-state index contributed by atoms with van der Waals surface area (Å²) < 4.78 is 11.1. The molecule has 0 aliphatic heterocycles. The summed E-state index contributed by atoms with van der Waals surface area (Å²) in [6.45, 7) is 0.647. The summed E-state index contributed by atoms with van der Waals surface area (Å²) in [5.41, 5.74) is 2.47. The molecule has 0 amide bonds. The van der Waals surface area contributed by atoms with E-state index in [1.165, 1.54) is 18.4 Å². The van der Waals surface area contributed by atoms with Gasteiger partial charge in [-0.3, -0.25) is 0 Å². The number of aromatic nitrogens is 1. The highest BCUT2D eigenvalue weighted by atomic mass is 35.5. The highest BCUT2D eigenvalue weighted by Gasteiger charge is 2.18. The second-order valence-corrected chi connectivity index (χ2v) is 6.58. The van der Waals surface area contributed by atoms with Crippen LogP contribution in [0.1, 0.15) is 29.9 Å². The molecule has 3 nitrogen and oxygen atoms in total. The van der Waals surface area contributed by atoms with E-state index in [-0.39, 0.29) is 0 Å². The van der Waals surface area contributed by atoms with Gasteiger partial charge in [0.25, 0.3) is 0 Å². The molecule has 0 unspecified atom stereocenters. The fourth-order valence-electron chi connectivity index (χ4n) is 2.50. The fraction of sp³-hybridized carbons (Fsp3) is 0.438. The molecule has 5 heteroatoms. The number of nitrogens with zero attached hydrogens (tertiary/aromatic N) is 1. The van der Waals surface area contributed by atoms with Crippen LogP contribution in [0, 0.1) is 0 Å². The standard InChI is InChI=1S/C16H18ClNO2S/c17-13-6-2-4-8-16(13)19-9-10-21-11-14-12-5-1-3-7-15(12)20-18-14/h2,4,6,8H,1,3,5,7,9-11H2. The first kappa shape index (κ1) is 14.8. The van der Waals surface area contributed by atoms with Crippen LogP contribution in [-0.2, 0) is 18.6 Å². The van der Waals surface area contributed by atoms with Gasteiger partial charge in [0.05, 0.1) is 17.3 Å². The number of fused-ring (bicyclic) bond motifs is 1. The van der Waals surface area contributed by atoms with Gasteiger partial charge < -0.3 is 9.26 Å². The highest BCUT2D eigenvalue weighted by Crippen LogP contribution is 2.27. The largest absolute Gasteiger partial charge is 0.491 e. The summed E-state index contributed by atoms with van der Waals surface area (Å²) in [5, 5.41) is 4.87. The molecule has 0 N–H and O–H groups in total. The van der Waals surface area contributed by atoms with Crippen molar-refractivity contribution in [2.45, 2.75) is 31.4 Å². The van der Waals surface area contributed by atoms with Gasteiger partial charge in [-0.05, 0) is 31.4 Å². The Kier molecular flexibility index (Phi) is 5.09. The van der Waals surface area contributed by atoms with Crippen molar-refractivity contribution in [1.82, 2.24) is 5.16 Å². The minimum Gasteiger partial charge on any atom is -0.491 e. The van der Waals surface area contributed by atoms with E-state index in [0.29, 0.717) is 11.6 Å². The van der Waals surface area contributed by atoms with E-state index in [0.717, 1.165) is 41.6 Å². The number of halogens is 1. The van der Waals surface area contributed by atoms with Crippen LogP contribution < -0.4 is 4.74 Å². The summed E-state index contributed by atoms with van der Waals surface area (Å²) in [4.78, 5) is 0. The third-order valence-corrected chi connectivity index (χ3v) is 4.84. The van der Waals surface area contributed by atoms with Gasteiger partial charge in [0.15, 0.2) is 0 Å². The lowest BCUT2D eigenvalue weighted by Crippen LogP contribution is -2.03. The zero-order valence-corrected chi connectivity index (χ0v) is 13.4. The van der Waals surface area contributed by atoms with Crippen molar-refractivity contribution in [3.63, 3.8) is 0 Å². The van der Waals surface area contributed by atoms with E-state index < -0.39 is 0 Å². The minimum atomic E-state index is 0.647. The number of ether oxygens (including phenoxy) is 1. The first-order valence-corrected chi connectivity index (χ1v) is 8.79. The molecule has 0 radical (unpaired) electrons. The predicted octanol–water partition coefficient (Wildman–Crippen LogP) is 4.52. The summed E-state index contributed by atoms with van der Waals surface area (Å²) in [6.07, 6.45) is 4.63. The molecule has 0 spiro atoms. The quantitative estimate of drug-likeness (QED) is 0.732. The Morgan fingerprint density at radius 1 is 1.24 bits per heavy atom. The van der Waals surface area contributed by atoms with E-state index in [4.69, 9.17) is 20.9 Å². The minimum absolute atomic E-state index is 0.647. The summed E-state index contributed by atoms with van der Waals surface area (Å²) in [6, 6.07) is 7.56. The number of rotatable bonds is 6. The van der Waals surface area contributed by atoms with Gasteiger partial charge >= 0.3 is 0 Å². The molecule has 3 rings (SSSR count). The lowest BCUT2D eigenvalue weighted by Gasteiger charge is -2.09. The van der Waals surface area contributed by atoms with Crippen molar-refractivity contribution >= 4 is 23.4 Å². The van der Waals surface area contributed by atoms with Gasteiger partial charge in [-0.2, -0.15) is 11.8 Å². The van der Waals surface area contributed by atoms with Crippen LogP contribution in [0.5, 0.6) is 5.75 Å². The number of para-hydroxylation sites is 1. The summed E-state index contributed by atoms with van der Waals surface area (Å²) >= 11 is 7.86. The van der Waals surface area contributed by atoms with Crippen molar-refractivity contribution in [3.05, 3.63) is 46.3 Å². The number of thioether (sulfide) groups is 1. The lowest BCUT2D eigenvalue weighted by molar-refractivity contribution is 0.344. The third kappa shape index (κ3) is 3.74. The molecule has 1 aliphatic rings. The average molecular weight is 324 g/mol. The fourth-order valence-corrected chi connectivity index (χ4v) is 3.46. The molecular weight excluding hydrogens is 306 g/mol. The van der Waals surface area contributed by atoms with Crippen molar-refractivity contribution in [2.75, 3.05) is 12.4 Å². The van der Waals surface area contributed by atoms with Gasteiger partial charge in [-0.1, -0.05) is 28.9 Å². The molecule has 1 aromatic heterocycles. The maximum Gasteiger partial charge on any atom is 0.140 e. The van der Waals surface area contributed by atoms with Crippen molar-refractivity contribution in [1.29, 1.82) is 0 Å². The number of hydrogen-bond acceptors (Lipinski definition) is 4. The van der Waals surface area contributed by atoms with Gasteiger partial charge in [-0.25, -0.2) is 0 Å². The lowest BCUT2D eigenvalue weighted by atomic mass is 9.97. The number of hydrogen-bond donors (Lipinski definition) is 0. The summed E-state index contributed by atoms with van der Waals surface area (Å²) in [7, 11) is 0. The first-order valence-electron chi connectivity index (χ1n) is 7.26. The van der Waals surface area contributed by atoms with Gasteiger partial charge in [-0.15, -0.1) is 0 Å². The second kappa shape index (κ2) is 7.23. The topological polar surface area (TPSA) is 35.3 Å². The average Bonchev–Trinajstić information content (AvgIpc) is 2.92. The van der Waals surface area contributed by atoms with Gasteiger partial charge in [0.2, 0.25) is 0 Å². The molecule has 1 aromatic carbocycles.